The summed E-state index contributed by atoms with van der Waals surface area (Å²) in [6, 6.07) is 13.4. The van der Waals surface area contributed by atoms with E-state index in [-0.39, 0.29) is 38.5 Å². The van der Waals surface area contributed by atoms with Gasteiger partial charge in [0.15, 0.2) is 0 Å². The van der Waals surface area contributed by atoms with Crippen molar-refractivity contribution in [3.8, 4) is 5.75 Å². The SMILES string of the molecule is O=C(NO)c1ccc(O)cc1.[NH-]C(=O)C1=Cc2ccccc2C1.[Y]. The van der Waals surface area contributed by atoms with Crippen molar-refractivity contribution in [2.75, 3.05) is 0 Å². The standard InChI is InChI=1S/C10H9NO.C7H7NO3.Y/c11-10(12)9-5-7-3-1-2-4-8(7)6-9;9-6-3-1-5(2-4-6)7(10)8-11;/h1-5H,6H2,(H2,11,12);1-4,9,11H,(H,8,10);/p-1. The van der Waals surface area contributed by atoms with Crippen molar-refractivity contribution in [2.45, 2.75) is 6.42 Å². The van der Waals surface area contributed by atoms with Gasteiger partial charge in [-0.05, 0) is 53.5 Å². The maximum atomic E-state index is 10.7. The zero-order valence-electron chi connectivity index (χ0n) is 12.7. The number of carbonyl (C=O) groups excluding carboxylic acids is 2. The molecule has 0 saturated carbocycles. The van der Waals surface area contributed by atoms with E-state index in [1.165, 1.54) is 29.7 Å². The van der Waals surface area contributed by atoms with Gasteiger partial charge >= 0.3 is 0 Å². The van der Waals surface area contributed by atoms with E-state index in [2.05, 4.69) is 0 Å². The smallest absolute Gasteiger partial charge is 0.274 e. The van der Waals surface area contributed by atoms with Gasteiger partial charge in [-0.1, -0.05) is 24.3 Å². The number of amides is 2. The van der Waals surface area contributed by atoms with Gasteiger partial charge in [0.1, 0.15) is 5.75 Å². The Hall–Kier alpha value is -2.02. The minimum absolute atomic E-state index is 0. The molecule has 0 saturated heterocycles. The molecule has 0 aliphatic heterocycles. The second-order valence-corrected chi connectivity index (χ2v) is 4.86. The maximum Gasteiger partial charge on any atom is 0.274 e. The Balaban J connectivity index is 0.000000232. The number of benzene rings is 2. The summed E-state index contributed by atoms with van der Waals surface area (Å²) in [6.07, 6.45) is 2.42. The third kappa shape index (κ3) is 5.27. The van der Waals surface area contributed by atoms with Gasteiger partial charge in [-0.3, -0.25) is 10.0 Å². The van der Waals surface area contributed by atoms with Gasteiger partial charge in [-0.25, -0.2) is 5.48 Å². The first-order valence-corrected chi connectivity index (χ1v) is 6.79. The molecule has 0 aromatic heterocycles. The van der Waals surface area contributed by atoms with Crippen LogP contribution in [0.15, 0.2) is 54.1 Å². The van der Waals surface area contributed by atoms with Crippen LogP contribution in [-0.2, 0) is 43.9 Å². The Labute approximate surface area is 164 Å². The molecule has 7 heteroatoms. The molecule has 0 spiro atoms. The van der Waals surface area contributed by atoms with Crippen LogP contribution < -0.4 is 5.48 Å². The van der Waals surface area contributed by atoms with Gasteiger partial charge in [-0.2, -0.15) is 0 Å². The van der Waals surface area contributed by atoms with Gasteiger partial charge in [0.05, 0.1) is 5.91 Å². The molecule has 4 N–H and O–H groups in total. The number of fused-ring (bicyclic) bond motifs is 1. The second-order valence-electron chi connectivity index (χ2n) is 4.86. The van der Waals surface area contributed by atoms with Gasteiger partial charge in [0.25, 0.3) is 5.91 Å². The molecule has 0 bridgehead atoms. The minimum atomic E-state index is -0.593. The zero-order chi connectivity index (χ0) is 16.8. The topological polar surface area (TPSA) is 110 Å². The molecule has 121 valence electrons. The van der Waals surface area contributed by atoms with E-state index >= 15 is 0 Å². The molecule has 1 aliphatic carbocycles. The first-order chi connectivity index (χ1) is 11.0. The van der Waals surface area contributed by atoms with E-state index in [0.717, 1.165) is 11.1 Å². The minimum Gasteiger partial charge on any atom is -0.664 e. The van der Waals surface area contributed by atoms with E-state index in [4.69, 9.17) is 16.0 Å². The van der Waals surface area contributed by atoms with Gasteiger partial charge in [-0.15, -0.1) is 0 Å². The number of hydrogen-bond donors (Lipinski definition) is 3. The second kappa shape index (κ2) is 9.32. The average Bonchev–Trinajstić information content (AvgIpc) is 3.00. The van der Waals surface area contributed by atoms with Crippen LogP contribution in [0.25, 0.3) is 11.8 Å². The van der Waals surface area contributed by atoms with Crippen LogP contribution in [0, 0.1) is 0 Å². The zero-order valence-corrected chi connectivity index (χ0v) is 15.5. The normalized spacial score (nSPS) is 11.1. The summed E-state index contributed by atoms with van der Waals surface area (Å²) in [4.78, 5) is 21.4. The fraction of sp³-hybridized carbons (Fsp3) is 0.0588. The van der Waals surface area contributed by atoms with Crippen LogP contribution in [0.3, 0.4) is 0 Å². The van der Waals surface area contributed by atoms with Crippen LogP contribution in [0.5, 0.6) is 5.75 Å². The van der Waals surface area contributed by atoms with Crippen molar-refractivity contribution >= 4 is 17.9 Å². The molecule has 3 rings (SSSR count). The molecule has 2 aromatic carbocycles. The average molecular weight is 400 g/mol. The molecule has 1 radical (unpaired) electrons. The van der Waals surface area contributed by atoms with Crippen LogP contribution >= 0.6 is 0 Å². The number of aromatic hydroxyl groups is 1. The first kappa shape index (κ1) is 20.0. The Morgan fingerprint density at radius 3 is 2.21 bits per heavy atom. The number of rotatable bonds is 2. The summed E-state index contributed by atoms with van der Waals surface area (Å²) in [5.41, 5.74) is 11.5. The van der Waals surface area contributed by atoms with Gasteiger partial charge in [0, 0.05) is 38.3 Å². The van der Waals surface area contributed by atoms with Crippen molar-refractivity contribution in [1.82, 2.24) is 5.48 Å². The van der Waals surface area contributed by atoms with E-state index in [0.29, 0.717) is 17.6 Å². The summed E-state index contributed by atoms with van der Waals surface area (Å²) >= 11 is 0. The number of phenolic OH excluding ortho intramolecular Hbond substituents is 1. The third-order valence-electron chi connectivity index (χ3n) is 3.29. The summed E-state index contributed by atoms with van der Waals surface area (Å²) in [6.45, 7) is 0. The fourth-order valence-corrected chi connectivity index (χ4v) is 2.10. The van der Waals surface area contributed by atoms with Crippen LogP contribution in [-0.4, -0.2) is 22.1 Å². The molecule has 0 atom stereocenters. The number of hydroxylamine groups is 1. The quantitative estimate of drug-likeness (QED) is 0.532. The molecule has 24 heavy (non-hydrogen) atoms. The van der Waals surface area contributed by atoms with Gasteiger partial charge in [0.2, 0.25) is 0 Å². The summed E-state index contributed by atoms with van der Waals surface area (Å²) < 4.78 is 0. The fourth-order valence-electron chi connectivity index (χ4n) is 2.10. The van der Waals surface area contributed by atoms with Crippen LogP contribution in [0.1, 0.15) is 21.5 Å². The summed E-state index contributed by atoms with van der Waals surface area (Å²) in [5.74, 6) is -1.07. The number of phenols is 1. The molecular weight excluding hydrogens is 385 g/mol. The van der Waals surface area contributed by atoms with Crippen LogP contribution in [0.2, 0.25) is 0 Å². The molecule has 2 aromatic rings. The number of nitrogens with one attached hydrogen (secondary N) is 2. The molecule has 0 unspecified atom stereocenters. The Morgan fingerprint density at radius 2 is 1.67 bits per heavy atom. The van der Waals surface area contributed by atoms with Crippen molar-refractivity contribution in [1.29, 1.82) is 0 Å². The molecule has 6 nitrogen and oxygen atoms in total. The van der Waals surface area contributed by atoms with E-state index in [1.807, 2.05) is 24.3 Å². The van der Waals surface area contributed by atoms with E-state index in [9.17, 15) is 9.59 Å². The van der Waals surface area contributed by atoms with Crippen molar-refractivity contribution in [3.05, 3.63) is 76.5 Å². The van der Waals surface area contributed by atoms with Crippen molar-refractivity contribution < 1.29 is 52.6 Å². The van der Waals surface area contributed by atoms with Crippen molar-refractivity contribution in [2.24, 2.45) is 0 Å². The molecular formula is C17H15N2O4Y-. The predicted octanol–water partition coefficient (Wildman–Crippen LogP) is 2.71. The molecule has 0 heterocycles. The van der Waals surface area contributed by atoms with Gasteiger partial charge < -0.3 is 15.6 Å². The third-order valence-corrected chi connectivity index (χ3v) is 3.29. The van der Waals surface area contributed by atoms with E-state index in [1.54, 1.807) is 6.08 Å². The number of carbonyl (C=O) groups is 2. The summed E-state index contributed by atoms with van der Waals surface area (Å²) in [5, 5.41) is 17.0. The van der Waals surface area contributed by atoms with Crippen molar-refractivity contribution in [3.63, 3.8) is 0 Å². The Bertz CT molecular complexity index is 757. The Morgan fingerprint density at radius 1 is 1.04 bits per heavy atom. The monoisotopic (exact) mass is 400 g/mol. The number of hydrogen-bond acceptors (Lipinski definition) is 4. The summed E-state index contributed by atoms with van der Waals surface area (Å²) in [7, 11) is 0. The van der Waals surface area contributed by atoms with E-state index < -0.39 is 11.8 Å². The molecule has 0 fully saturated rings. The largest absolute Gasteiger partial charge is 0.664 e. The van der Waals surface area contributed by atoms with Crippen LogP contribution in [0.4, 0.5) is 0 Å². The molecule has 2 amide bonds. The maximum absolute atomic E-state index is 10.7. The molecule has 1 aliphatic rings. The Kier molecular flexibility index (Phi) is 7.78. The predicted molar refractivity (Wildman–Crippen MR) is 84.8 cm³/mol. The first-order valence-electron chi connectivity index (χ1n) is 6.79.